The molecular formula is C13H17BrFN. The number of rotatable bonds is 2. The van der Waals surface area contributed by atoms with E-state index < -0.39 is 0 Å². The number of hydrogen-bond acceptors (Lipinski definition) is 1. The summed E-state index contributed by atoms with van der Waals surface area (Å²) in [6, 6.07) is 5.47. The van der Waals surface area contributed by atoms with Crippen LogP contribution in [-0.4, -0.2) is 6.04 Å². The third-order valence-corrected chi connectivity index (χ3v) is 3.73. The van der Waals surface area contributed by atoms with E-state index >= 15 is 0 Å². The molecule has 2 N–H and O–H groups in total. The molecule has 2 rings (SSSR count). The highest BCUT2D eigenvalue weighted by atomic mass is 79.9. The van der Waals surface area contributed by atoms with E-state index in [4.69, 9.17) is 5.73 Å². The topological polar surface area (TPSA) is 26.0 Å². The molecule has 16 heavy (non-hydrogen) atoms. The summed E-state index contributed by atoms with van der Waals surface area (Å²) in [6.07, 6.45) is 5.60. The van der Waals surface area contributed by atoms with Gasteiger partial charge in [0, 0.05) is 10.5 Å². The monoisotopic (exact) mass is 285 g/mol. The summed E-state index contributed by atoms with van der Waals surface area (Å²) >= 11 is 3.32. The zero-order chi connectivity index (χ0) is 11.5. The molecule has 0 radical (unpaired) electrons. The van der Waals surface area contributed by atoms with E-state index in [1.54, 1.807) is 6.07 Å². The second kappa shape index (κ2) is 5.28. The molecule has 1 aliphatic carbocycles. The lowest BCUT2D eigenvalue weighted by atomic mass is 9.82. The van der Waals surface area contributed by atoms with E-state index in [-0.39, 0.29) is 5.82 Å². The zero-order valence-corrected chi connectivity index (χ0v) is 10.8. The molecule has 88 valence electrons. The lowest BCUT2D eigenvalue weighted by Crippen LogP contribution is -2.28. The highest BCUT2D eigenvalue weighted by Gasteiger charge is 2.19. The van der Waals surface area contributed by atoms with Gasteiger partial charge in [-0.15, -0.1) is 0 Å². The van der Waals surface area contributed by atoms with Gasteiger partial charge in [-0.2, -0.15) is 0 Å². The third kappa shape index (κ3) is 3.29. The standard InChI is InChI=1S/C13H17BrFN/c14-11-5-10(6-12(15)8-11)4-9-2-1-3-13(16)7-9/h5-6,8-9,13H,1-4,7,16H2. The van der Waals surface area contributed by atoms with Gasteiger partial charge < -0.3 is 5.73 Å². The second-order valence-electron chi connectivity index (χ2n) is 4.77. The Kier molecular flexibility index (Phi) is 3.98. The fourth-order valence-corrected chi connectivity index (χ4v) is 3.09. The van der Waals surface area contributed by atoms with E-state index in [0.29, 0.717) is 12.0 Å². The van der Waals surface area contributed by atoms with E-state index in [1.165, 1.54) is 18.9 Å². The van der Waals surface area contributed by atoms with E-state index in [9.17, 15) is 4.39 Å². The lowest BCUT2D eigenvalue weighted by molar-refractivity contribution is 0.320. The van der Waals surface area contributed by atoms with Crippen molar-refractivity contribution >= 4 is 15.9 Å². The molecule has 3 heteroatoms. The van der Waals surface area contributed by atoms with Crippen molar-refractivity contribution in [3.05, 3.63) is 34.1 Å². The van der Waals surface area contributed by atoms with Crippen LogP contribution in [0, 0.1) is 11.7 Å². The predicted octanol–water partition coefficient (Wildman–Crippen LogP) is 3.65. The fourth-order valence-electron chi connectivity index (χ4n) is 2.58. The number of nitrogens with two attached hydrogens (primary N) is 1. The quantitative estimate of drug-likeness (QED) is 0.882. The van der Waals surface area contributed by atoms with E-state index in [2.05, 4.69) is 15.9 Å². The first-order valence-corrected chi connectivity index (χ1v) is 6.63. The van der Waals surface area contributed by atoms with Gasteiger partial charge in [0.2, 0.25) is 0 Å². The Labute approximate surface area is 104 Å². The van der Waals surface area contributed by atoms with Crippen molar-refractivity contribution in [2.24, 2.45) is 11.7 Å². The van der Waals surface area contributed by atoms with Crippen LogP contribution in [-0.2, 0) is 6.42 Å². The first kappa shape index (κ1) is 12.1. The van der Waals surface area contributed by atoms with Gasteiger partial charge in [-0.05, 0) is 48.9 Å². The SMILES string of the molecule is NC1CCCC(Cc2cc(F)cc(Br)c2)C1. The molecule has 0 heterocycles. The number of benzene rings is 1. The summed E-state index contributed by atoms with van der Waals surface area (Å²) in [6.45, 7) is 0. The Morgan fingerprint density at radius 3 is 2.81 bits per heavy atom. The van der Waals surface area contributed by atoms with Gasteiger partial charge in [0.1, 0.15) is 5.82 Å². The summed E-state index contributed by atoms with van der Waals surface area (Å²) < 4.78 is 14.0. The zero-order valence-electron chi connectivity index (χ0n) is 9.26. The summed E-state index contributed by atoms with van der Waals surface area (Å²) in [5.74, 6) is 0.460. The summed E-state index contributed by atoms with van der Waals surface area (Å²) in [4.78, 5) is 0. The minimum absolute atomic E-state index is 0.163. The van der Waals surface area contributed by atoms with Crippen molar-refractivity contribution in [3.63, 3.8) is 0 Å². The molecule has 2 unspecified atom stereocenters. The number of halogens is 2. The third-order valence-electron chi connectivity index (χ3n) is 3.27. The Balaban J connectivity index is 2.02. The predicted molar refractivity (Wildman–Crippen MR) is 67.7 cm³/mol. The van der Waals surface area contributed by atoms with Crippen LogP contribution in [0.2, 0.25) is 0 Å². The molecule has 1 aliphatic rings. The van der Waals surface area contributed by atoms with Crippen molar-refractivity contribution in [2.75, 3.05) is 0 Å². The molecule has 0 saturated heterocycles. The molecule has 0 aliphatic heterocycles. The normalized spacial score (nSPS) is 25.7. The van der Waals surface area contributed by atoms with Crippen molar-refractivity contribution in [1.82, 2.24) is 0 Å². The van der Waals surface area contributed by atoms with Gasteiger partial charge in [0.15, 0.2) is 0 Å². The minimum atomic E-state index is -0.163. The van der Waals surface area contributed by atoms with Gasteiger partial charge in [0.25, 0.3) is 0 Å². The second-order valence-corrected chi connectivity index (χ2v) is 5.69. The summed E-state index contributed by atoms with van der Waals surface area (Å²) in [7, 11) is 0. The Morgan fingerprint density at radius 1 is 1.31 bits per heavy atom. The van der Waals surface area contributed by atoms with Crippen LogP contribution in [0.25, 0.3) is 0 Å². The molecule has 0 bridgehead atoms. The van der Waals surface area contributed by atoms with E-state index in [1.807, 2.05) is 6.07 Å². The Bertz CT molecular complexity index is 347. The van der Waals surface area contributed by atoms with E-state index in [0.717, 1.165) is 29.3 Å². The average molecular weight is 286 g/mol. The van der Waals surface area contributed by atoms with Crippen molar-refractivity contribution in [1.29, 1.82) is 0 Å². The van der Waals surface area contributed by atoms with Crippen LogP contribution in [0.4, 0.5) is 4.39 Å². The smallest absolute Gasteiger partial charge is 0.124 e. The average Bonchev–Trinajstić information content (AvgIpc) is 2.15. The molecule has 1 fully saturated rings. The fraction of sp³-hybridized carbons (Fsp3) is 0.538. The highest BCUT2D eigenvalue weighted by Crippen LogP contribution is 2.27. The highest BCUT2D eigenvalue weighted by molar-refractivity contribution is 9.10. The van der Waals surface area contributed by atoms with Gasteiger partial charge in [-0.1, -0.05) is 28.8 Å². The van der Waals surface area contributed by atoms with Crippen LogP contribution in [0.3, 0.4) is 0 Å². The minimum Gasteiger partial charge on any atom is -0.328 e. The molecule has 2 atom stereocenters. The van der Waals surface area contributed by atoms with Crippen LogP contribution in [0.1, 0.15) is 31.2 Å². The summed E-state index contributed by atoms with van der Waals surface area (Å²) in [5, 5.41) is 0. The summed E-state index contributed by atoms with van der Waals surface area (Å²) in [5.41, 5.74) is 7.03. The Morgan fingerprint density at radius 2 is 2.12 bits per heavy atom. The van der Waals surface area contributed by atoms with Crippen LogP contribution in [0.15, 0.2) is 22.7 Å². The van der Waals surface area contributed by atoms with Gasteiger partial charge in [-0.25, -0.2) is 4.39 Å². The van der Waals surface area contributed by atoms with Crippen LogP contribution >= 0.6 is 15.9 Å². The maximum atomic E-state index is 13.2. The van der Waals surface area contributed by atoms with Gasteiger partial charge >= 0.3 is 0 Å². The molecule has 1 aromatic carbocycles. The number of hydrogen-bond donors (Lipinski definition) is 1. The van der Waals surface area contributed by atoms with Gasteiger partial charge in [-0.3, -0.25) is 0 Å². The van der Waals surface area contributed by atoms with Gasteiger partial charge in [0.05, 0.1) is 0 Å². The van der Waals surface area contributed by atoms with Crippen molar-refractivity contribution in [3.8, 4) is 0 Å². The molecule has 0 spiro atoms. The first-order chi connectivity index (χ1) is 7.63. The molecular weight excluding hydrogens is 269 g/mol. The molecule has 0 amide bonds. The molecule has 1 nitrogen and oxygen atoms in total. The first-order valence-electron chi connectivity index (χ1n) is 5.84. The largest absolute Gasteiger partial charge is 0.328 e. The maximum absolute atomic E-state index is 13.2. The molecule has 1 saturated carbocycles. The molecule has 0 aromatic heterocycles. The Hall–Kier alpha value is -0.410. The maximum Gasteiger partial charge on any atom is 0.124 e. The lowest BCUT2D eigenvalue weighted by Gasteiger charge is -2.26. The van der Waals surface area contributed by atoms with Crippen LogP contribution < -0.4 is 5.73 Å². The van der Waals surface area contributed by atoms with Crippen LogP contribution in [0.5, 0.6) is 0 Å². The molecule has 1 aromatic rings. The van der Waals surface area contributed by atoms with Crippen molar-refractivity contribution in [2.45, 2.75) is 38.1 Å². The van der Waals surface area contributed by atoms with Crippen molar-refractivity contribution < 1.29 is 4.39 Å².